The number of hydrogen-bond acceptors (Lipinski definition) is 4. The third-order valence-corrected chi connectivity index (χ3v) is 3.10. The molecule has 1 heterocycles. The molecular weight excluding hydrogens is 272 g/mol. The lowest BCUT2D eigenvalue weighted by Gasteiger charge is -2.24. The lowest BCUT2D eigenvalue weighted by atomic mass is 10.0. The number of likely N-dealkylation sites (N-methyl/N-ethyl adjacent to an activating group) is 1. The van der Waals surface area contributed by atoms with Gasteiger partial charge in [-0.2, -0.15) is 0 Å². The average Bonchev–Trinajstić information content (AvgIpc) is 2.26. The summed E-state index contributed by atoms with van der Waals surface area (Å²) in [6, 6.07) is 2.18. The Morgan fingerprint density at radius 2 is 2.00 bits per heavy atom. The molecule has 0 amide bonds. The molecule has 1 aromatic rings. The van der Waals surface area contributed by atoms with Crippen molar-refractivity contribution in [1.29, 1.82) is 0 Å². The Kier molecular flexibility index (Phi) is 7.24. The maximum absolute atomic E-state index is 6.08. The summed E-state index contributed by atoms with van der Waals surface area (Å²) >= 11 is 6.08. The quantitative estimate of drug-likeness (QED) is 0.746. The highest BCUT2D eigenvalue weighted by molar-refractivity contribution is 6.29. The van der Waals surface area contributed by atoms with Gasteiger partial charge in [0.05, 0.1) is 0 Å². The zero-order valence-corrected chi connectivity index (χ0v) is 14.0. The molecule has 114 valence electrons. The van der Waals surface area contributed by atoms with Crippen molar-refractivity contribution in [3.05, 3.63) is 17.0 Å². The van der Waals surface area contributed by atoms with Crippen molar-refractivity contribution in [1.82, 2.24) is 14.9 Å². The van der Waals surface area contributed by atoms with Crippen LogP contribution in [0.25, 0.3) is 0 Å². The molecule has 1 atom stereocenters. The number of rotatable bonds is 8. The number of aromatic nitrogens is 2. The maximum Gasteiger partial charge on any atom is 0.134 e. The molecule has 0 saturated carbocycles. The summed E-state index contributed by atoms with van der Waals surface area (Å²) < 4.78 is 0. The van der Waals surface area contributed by atoms with Crippen molar-refractivity contribution < 1.29 is 0 Å². The maximum atomic E-state index is 6.08. The first-order chi connectivity index (χ1) is 9.40. The van der Waals surface area contributed by atoms with Crippen molar-refractivity contribution in [3.8, 4) is 0 Å². The minimum absolute atomic E-state index is 0.366. The average molecular weight is 299 g/mol. The Morgan fingerprint density at radius 3 is 2.55 bits per heavy atom. The second-order valence-electron chi connectivity index (χ2n) is 5.98. The van der Waals surface area contributed by atoms with Gasteiger partial charge in [-0.05, 0) is 32.9 Å². The Labute approximate surface area is 127 Å². The van der Waals surface area contributed by atoms with Gasteiger partial charge in [0.1, 0.15) is 16.8 Å². The summed E-state index contributed by atoms with van der Waals surface area (Å²) in [5, 5.41) is 4.02. The van der Waals surface area contributed by atoms with Crippen LogP contribution in [0.2, 0.25) is 5.15 Å². The highest BCUT2D eigenvalue weighted by atomic mass is 35.5. The topological polar surface area (TPSA) is 41.1 Å². The zero-order chi connectivity index (χ0) is 15.1. The van der Waals surface area contributed by atoms with Crippen LogP contribution in [0.15, 0.2) is 6.07 Å². The number of nitrogens with zero attached hydrogens (tertiary/aromatic N) is 3. The van der Waals surface area contributed by atoms with E-state index in [-0.39, 0.29) is 0 Å². The standard InChI is InChI=1S/C15H27ClN4/c1-6-7-14-18-13(16)9-15(19-14)17-12(8-11(2)3)10-20(4)5/h9,11-12H,6-8,10H2,1-5H3,(H,17,18,19). The van der Waals surface area contributed by atoms with Gasteiger partial charge in [-0.15, -0.1) is 0 Å². The molecule has 1 aromatic heterocycles. The summed E-state index contributed by atoms with van der Waals surface area (Å²) in [5.74, 6) is 2.29. The van der Waals surface area contributed by atoms with Crippen LogP contribution in [-0.4, -0.2) is 41.5 Å². The van der Waals surface area contributed by atoms with Crippen LogP contribution in [0.3, 0.4) is 0 Å². The zero-order valence-electron chi connectivity index (χ0n) is 13.3. The number of anilines is 1. The number of nitrogens with one attached hydrogen (secondary N) is 1. The van der Waals surface area contributed by atoms with E-state index < -0.39 is 0 Å². The first kappa shape index (κ1) is 17.2. The fraction of sp³-hybridized carbons (Fsp3) is 0.733. The Bertz CT molecular complexity index is 397. The SMILES string of the molecule is CCCc1nc(Cl)cc(NC(CC(C)C)CN(C)C)n1. The molecule has 0 aliphatic heterocycles. The predicted molar refractivity (Wildman–Crippen MR) is 86.5 cm³/mol. The summed E-state index contributed by atoms with van der Waals surface area (Å²) in [7, 11) is 4.18. The van der Waals surface area contributed by atoms with Crippen LogP contribution < -0.4 is 5.32 Å². The highest BCUT2D eigenvalue weighted by Crippen LogP contribution is 2.16. The predicted octanol–water partition coefficient (Wildman–Crippen LogP) is 3.47. The van der Waals surface area contributed by atoms with E-state index in [1.165, 1.54) is 0 Å². The van der Waals surface area contributed by atoms with Crippen LogP contribution in [0.1, 0.15) is 39.4 Å². The van der Waals surface area contributed by atoms with Gasteiger partial charge in [-0.3, -0.25) is 0 Å². The smallest absolute Gasteiger partial charge is 0.134 e. The fourth-order valence-corrected chi connectivity index (χ4v) is 2.47. The van der Waals surface area contributed by atoms with Crippen LogP contribution >= 0.6 is 11.6 Å². The molecule has 4 nitrogen and oxygen atoms in total. The first-order valence-electron chi connectivity index (χ1n) is 7.35. The van der Waals surface area contributed by atoms with E-state index >= 15 is 0 Å². The summed E-state index contributed by atoms with van der Waals surface area (Å²) in [5.41, 5.74) is 0. The molecule has 1 N–H and O–H groups in total. The van der Waals surface area contributed by atoms with Gasteiger partial charge in [0, 0.05) is 25.1 Å². The van der Waals surface area contributed by atoms with Crippen LogP contribution in [0.4, 0.5) is 5.82 Å². The molecule has 0 bridgehead atoms. The van der Waals surface area contributed by atoms with Gasteiger partial charge >= 0.3 is 0 Å². The fourth-order valence-electron chi connectivity index (χ4n) is 2.27. The molecule has 1 rings (SSSR count). The number of hydrogen-bond donors (Lipinski definition) is 1. The summed E-state index contributed by atoms with van der Waals surface area (Å²) in [4.78, 5) is 11.0. The molecule has 0 aliphatic rings. The van der Waals surface area contributed by atoms with Crippen LogP contribution in [0, 0.1) is 5.92 Å². The van der Waals surface area contributed by atoms with Crippen molar-refractivity contribution in [2.45, 2.75) is 46.1 Å². The van der Waals surface area contributed by atoms with E-state index in [1.807, 2.05) is 6.07 Å². The van der Waals surface area contributed by atoms with Crippen molar-refractivity contribution >= 4 is 17.4 Å². The molecule has 1 unspecified atom stereocenters. The third kappa shape index (κ3) is 6.53. The normalized spacial score (nSPS) is 13.0. The number of halogens is 1. The minimum atomic E-state index is 0.366. The van der Waals surface area contributed by atoms with Gasteiger partial charge in [0.25, 0.3) is 0 Å². The van der Waals surface area contributed by atoms with Gasteiger partial charge in [-0.25, -0.2) is 9.97 Å². The van der Waals surface area contributed by atoms with Crippen LogP contribution in [-0.2, 0) is 6.42 Å². The molecule has 0 aliphatic carbocycles. The first-order valence-corrected chi connectivity index (χ1v) is 7.73. The van der Waals surface area contributed by atoms with Gasteiger partial charge in [0.2, 0.25) is 0 Å². The summed E-state index contributed by atoms with van der Waals surface area (Å²) in [6.45, 7) is 7.56. The molecule has 0 saturated heterocycles. The molecule has 0 aromatic carbocycles. The van der Waals surface area contributed by atoms with E-state index in [0.29, 0.717) is 17.1 Å². The van der Waals surface area contributed by atoms with Crippen molar-refractivity contribution in [2.75, 3.05) is 26.0 Å². The lowest BCUT2D eigenvalue weighted by Crippen LogP contribution is -2.33. The minimum Gasteiger partial charge on any atom is -0.366 e. The lowest BCUT2D eigenvalue weighted by molar-refractivity contribution is 0.356. The van der Waals surface area contributed by atoms with Crippen molar-refractivity contribution in [3.63, 3.8) is 0 Å². The second-order valence-corrected chi connectivity index (χ2v) is 6.36. The molecule has 5 heteroatoms. The van der Waals surface area contributed by atoms with E-state index in [1.54, 1.807) is 0 Å². The van der Waals surface area contributed by atoms with Gasteiger partial charge in [-0.1, -0.05) is 32.4 Å². The van der Waals surface area contributed by atoms with Gasteiger partial charge < -0.3 is 10.2 Å². The highest BCUT2D eigenvalue weighted by Gasteiger charge is 2.13. The molecule has 0 radical (unpaired) electrons. The van der Waals surface area contributed by atoms with E-state index in [4.69, 9.17) is 11.6 Å². The molecule has 0 spiro atoms. The van der Waals surface area contributed by atoms with Crippen molar-refractivity contribution in [2.24, 2.45) is 5.92 Å². The Hall–Kier alpha value is -0.870. The Balaban J connectivity index is 2.80. The molecular formula is C15H27ClN4. The summed E-state index contributed by atoms with van der Waals surface area (Å²) in [6.07, 6.45) is 2.98. The van der Waals surface area contributed by atoms with Gasteiger partial charge in [0.15, 0.2) is 0 Å². The van der Waals surface area contributed by atoms with E-state index in [9.17, 15) is 0 Å². The molecule has 0 fully saturated rings. The molecule has 20 heavy (non-hydrogen) atoms. The van der Waals surface area contributed by atoms with E-state index in [2.05, 4.69) is 55.1 Å². The van der Waals surface area contributed by atoms with Crippen LogP contribution in [0.5, 0.6) is 0 Å². The number of aryl methyl sites for hydroxylation is 1. The second kappa shape index (κ2) is 8.42. The monoisotopic (exact) mass is 298 g/mol. The largest absolute Gasteiger partial charge is 0.366 e. The third-order valence-electron chi connectivity index (χ3n) is 2.91. The Morgan fingerprint density at radius 1 is 1.30 bits per heavy atom. The van der Waals surface area contributed by atoms with E-state index in [0.717, 1.165) is 37.4 Å².